The monoisotopic (exact) mass is 532 g/mol. The Labute approximate surface area is 197 Å². The Morgan fingerprint density at radius 1 is 1.07 bits per heavy atom. The first-order chi connectivity index (χ1) is 14.2. The zero-order chi connectivity index (χ0) is 20.7. The molecular formula is C22H37IN4O3. The van der Waals surface area contributed by atoms with E-state index in [1.165, 1.54) is 6.42 Å². The summed E-state index contributed by atoms with van der Waals surface area (Å²) in [5, 5.41) is 9.74. The number of carbonyl (C=O) groups is 1. The third kappa shape index (κ3) is 10.5. The highest BCUT2D eigenvalue weighted by molar-refractivity contribution is 14.0. The first-order valence-corrected chi connectivity index (χ1v) is 10.7. The number of hydrogen-bond acceptors (Lipinski definition) is 4. The first-order valence-electron chi connectivity index (χ1n) is 10.7. The van der Waals surface area contributed by atoms with E-state index in [0.29, 0.717) is 13.1 Å². The fourth-order valence-electron chi connectivity index (χ4n) is 2.92. The van der Waals surface area contributed by atoms with E-state index in [4.69, 9.17) is 9.47 Å². The van der Waals surface area contributed by atoms with Gasteiger partial charge in [-0.1, -0.05) is 18.6 Å². The Hall–Kier alpha value is -1.55. The second-order valence-corrected chi connectivity index (χ2v) is 7.19. The van der Waals surface area contributed by atoms with Crippen LogP contribution >= 0.6 is 24.0 Å². The summed E-state index contributed by atoms with van der Waals surface area (Å²) in [5.41, 5.74) is 1.12. The molecule has 1 aliphatic carbocycles. The maximum Gasteiger partial charge on any atom is 0.223 e. The number of benzene rings is 1. The van der Waals surface area contributed by atoms with Gasteiger partial charge in [-0.05, 0) is 50.3 Å². The van der Waals surface area contributed by atoms with Gasteiger partial charge in [0.1, 0.15) is 5.75 Å². The molecule has 30 heavy (non-hydrogen) atoms. The van der Waals surface area contributed by atoms with Gasteiger partial charge < -0.3 is 25.4 Å². The largest absolute Gasteiger partial charge is 0.497 e. The van der Waals surface area contributed by atoms with Crippen LogP contribution in [0.3, 0.4) is 0 Å². The molecular weight excluding hydrogens is 495 g/mol. The highest BCUT2D eigenvalue weighted by Crippen LogP contribution is 2.25. The molecule has 3 N–H and O–H groups in total. The number of carbonyl (C=O) groups excluding carboxylic acids is 1. The predicted octanol–water partition coefficient (Wildman–Crippen LogP) is 3.08. The number of amides is 1. The lowest BCUT2D eigenvalue weighted by Gasteiger charge is -2.24. The number of rotatable bonds is 13. The van der Waals surface area contributed by atoms with Crippen molar-refractivity contribution < 1.29 is 14.3 Å². The SMILES string of the molecule is CCOCCCNC(=NCc1ccc(OC)cc1)NCCCNC(=O)C1CCC1.I. The Balaban J connectivity index is 0.00000450. The predicted molar refractivity (Wildman–Crippen MR) is 132 cm³/mol. The molecule has 1 amide bonds. The Morgan fingerprint density at radius 3 is 2.33 bits per heavy atom. The number of aliphatic imine (C=N–C) groups is 1. The van der Waals surface area contributed by atoms with Crippen LogP contribution in [0.5, 0.6) is 5.75 Å². The average molecular weight is 532 g/mol. The normalized spacial score (nSPS) is 13.7. The standard InChI is InChI=1S/C22H36N4O3.HI/c1-3-29-16-6-15-25-22(26-17-18-9-11-20(28-2)12-10-18)24-14-5-13-23-21(27)19-7-4-8-19;/h9-12,19H,3-8,13-17H2,1-2H3,(H,23,27)(H2,24,25,26);1H. The Bertz CT molecular complexity index is 621. The van der Waals surface area contributed by atoms with E-state index in [0.717, 1.165) is 69.3 Å². The number of nitrogens with one attached hydrogen (secondary N) is 3. The number of ether oxygens (including phenoxy) is 2. The van der Waals surface area contributed by atoms with Gasteiger partial charge in [0, 0.05) is 38.8 Å². The van der Waals surface area contributed by atoms with E-state index in [-0.39, 0.29) is 35.8 Å². The minimum Gasteiger partial charge on any atom is -0.497 e. The van der Waals surface area contributed by atoms with Crippen molar-refractivity contribution in [3.63, 3.8) is 0 Å². The molecule has 1 aromatic rings. The van der Waals surface area contributed by atoms with Gasteiger partial charge in [0.25, 0.3) is 0 Å². The van der Waals surface area contributed by atoms with Crippen LogP contribution in [0.1, 0.15) is 44.6 Å². The topological polar surface area (TPSA) is 84.0 Å². The van der Waals surface area contributed by atoms with Crippen LogP contribution in [0.4, 0.5) is 0 Å². The average Bonchev–Trinajstić information content (AvgIpc) is 2.70. The fraction of sp³-hybridized carbons (Fsp3) is 0.636. The molecule has 0 unspecified atom stereocenters. The van der Waals surface area contributed by atoms with Crippen molar-refractivity contribution in [2.75, 3.05) is 40.0 Å². The van der Waals surface area contributed by atoms with Crippen LogP contribution in [0.15, 0.2) is 29.3 Å². The van der Waals surface area contributed by atoms with Gasteiger partial charge in [0.15, 0.2) is 5.96 Å². The highest BCUT2D eigenvalue weighted by atomic mass is 127. The lowest BCUT2D eigenvalue weighted by molar-refractivity contribution is -0.127. The van der Waals surface area contributed by atoms with Gasteiger partial charge in [-0.3, -0.25) is 4.79 Å². The molecule has 0 radical (unpaired) electrons. The van der Waals surface area contributed by atoms with Gasteiger partial charge in [-0.15, -0.1) is 24.0 Å². The summed E-state index contributed by atoms with van der Waals surface area (Å²) in [7, 11) is 1.66. The molecule has 0 bridgehead atoms. The molecule has 7 nitrogen and oxygen atoms in total. The summed E-state index contributed by atoms with van der Waals surface area (Å²) >= 11 is 0. The maximum atomic E-state index is 11.9. The van der Waals surface area contributed by atoms with Crippen molar-refractivity contribution in [1.82, 2.24) is 16.0 Å². The molecule has 0 atom stereocenters. The van der Waals surface area contributed by atoms with E-state index in [1.54, 1.807) is 7.11 Å². The zero-order valence-electron chi connectivity index (χ0n) is 18.2. The molecule has 0 saturated heterocycles. The van der Waals surface area contributed by atoms with Gasteiger partial charge >= 0.3 is 0 Å². The second kappa shape index (κ2) is 16.2. The lowest BCUT2D eigenvalue weighted by Crippen LogP contribution is -2.40. The van der Waals surface area contributed by atoms with E-state index >= 15 is 0 Å². The summed E-state index contributed by atoms with van der Waals surface area (Å²) < 4.78 is 10.6. The molecule has 1 aliphatic rings. The van der Waals surface area contributed by atoms with E-state index in [1.807, 2.05) is 31.2 Å². The van der Waals surface area contributed by atoms with Gasteiger partial charge in [0.2, 0.25) is 5.91 Å². The van der Waals surface area contributed by atoms with E-state index in [2.05, 4.69) is 20.9 Å². The van der Waals surface area contributed by atoms with Crippen LogP contribution in [0.2, 0.25) is 0 Å². The van der Waals surface area contributed by atoms with Gasteiger partial charge in [-0.2, -0.15) is 0 Å². The van der Waals surface area contributed by atoms with Crippen LogP contribution in [0, 0.1) is 5.92 Å². The number of hydrogen-bond donors (Lipinski definition) is 3. The van der Waals surface area contributed by atoms with Gasteiger partial charge in [-0.25, -0.2) is 4.99 Å². The van der Waals surface area contributed by atoms with Crippen LogP contribution in [-0.4, -0.2) is 51.8 Å². The van der Waals surface area contributed by atoms with Crippen molar-refractivity contribution in [3.8, 4) is 5.75 Å². The van der Waals surface area contributed by atoms with E-state index < -0.39 is 0 Å². The molecule has 1 aromatic carbocycles. The van der Waals surface area contributed by atoms with Crippen LogP contribution in [-0.2, 0) is 16.1 Å². The highest BCUT2D eigenvalue weighted by Gasteiger charge is 2.24. The number of guanidine groups is 1. The Morgan fingerprint density at radius 2 is 1.73 bits per heavy atom. The molecule has 8 heteroatoms. The molecule has 0 aliphatic heterocycles. The zero-order valence-corrected chi connectivity index (χ0v) is 20.6. The molecule has 2 rings (SSSR count). The van der Waals surface area contributed by atoms with Crippen molar-refractivity contribution in [2.45, 2.75) is 45.6 Å². The first kappa shape index (κ1) is 26.5. The number of halogens is 1. The third-order valence-electron chi connectivity index (χ3n) is 4.96. The minimum atomic E-state index is 0. The van der Waals surface area contributed by atoms with Crippen molar-refractivity contribution in [2.24, 2.45) is 10.9 Å². The van der Waals surface area contributed by atoms with Crippen LogP contribution < -0.4 is 20.7 Å². The fourth-order valence-corrected chi connectivity index (χ4v) is 2.92. The van der Waals surface area contributed by atoms with Crippen molar-refractivity contribution >= 4 is 35.8 Å². The molecule has 0 heterocycles. The van der Waals surface area contributed by atoms with Crippen molar-refractivity contribution in [3.05, 3.63) is 29.8 Å². The quantitative estimate of drug-likeness (QED) is 0.158. The summed E-state index contributed by atoms with van der Waals surface area (Å²) in [6, 6.07) is 7.92. The third-order valence-corrected chi connectivity index (χ3v) is 4.96. The number of nitrogens with zero attached hydrogens (tertiary/aromatic N) is 1. The summed E-state index contributed by atoms with van der Waals surface area (Å²) in [4.78, 5) is 16.5. The summed E-state index contributed by atoms with van der Waals surface area (Å²) in [5.74, 6) is 2.08. The number of methoxy groups -OCH3 is 1. The maximum absolute atomic E-state index is 11.9. The molecule has 0 aromatic heterocycles. The van der Waals surface area contributed by atoms with Crippen molar-refractivity contribution in [1.29, 1.82) is 0 Å². The lowest BCUT2D eigenvalue weighted by atomic mass is 9.85. The molecule has 170 valence electrons. The molecule has 1 fully saturated rings. The smallest absolute Gasteiger partial charge is 0.223 e. The Kier molecular flexibility index (Phi) is 14.3. The summed E-state index contributed by atoms with van der Waals surface area (Å²) in [6.07, 6.45) is 5.05. The van der Waals surface area contributed by atoms with Crippen LogP contribution in [0.25, 0.3) is 0 Å². The minimum absolute atomic E-state index is 0. The second-order valence-electron chi connectivity index (χ2n) is 7.19. The molecule has 0 spiro atoms. The molecule has 1 saturated carbocycles. The van der Waals surface area contributed by atoms with E-state index in [9.17, 15) is 4.79 Å². The van der Waals surface area contributed by atoms with Gasteiger partial charge in [0.05, 0.1) is 13.7 Å². The summed E-state index contributed by atoms with van der Waals surface area (Å²) in [6.45, 7) is 6.31.